The Morgan fingerprint density at radius 2 is 2.73 bits per heavy atom. The predicted molar refractivity (Wildman–Crippen MR) is 41.7 cm³/mol. The fourth-order valence-corrected chi connectivity index (χ4v) is 1.14. The van der Waals surface area contributed by atoms with Crippen molar-refractivity contribution < 1.29 is 9.63 Å². The van der Waals surface area contributed by atoms with Gasteiger partial charge < -0.3 is 4.84 Å². The van der Waals surface area contributed by atoms with E-state index in [4.69, 9.17) is 0 Å². The van der Waals surface area contributed by atoms with Crippen LogP contribution in [0.15, 0.2) is 16.7 Å². The third-order valence-electron chi connectivity index (χ3n) is 0.953. The molecule has 0 N–H and O–H groups in total. The Kier molecular flexibility index (Phi) is 2.74. The molecule has 0 atom stereocenters. The van der Waals surface area contributed by atoms with Crippen molar-refractivity contribution in [3.05, 3.63) is 16.6 Å². The second kappa shape index (κ2) is 3.82. The number of carbonyl (C=O) groups excluding carboxylic acids is 1. The first kappa shape index (κ1) is 7.87. The summed E-state index contributed by atoms with van der Waals surface area (Å²) < 4.78 is 0. The summed E-state index contributed by atoms with van der Waals surface area (Å²) >= 11 is 1.34. The van der Waals surface area contributed by atoms with Crippen molar-refractivity contribution in [3.8, 4) is 0 Å². The van der Waals surface area contributed by atoms with E-state index >= 15 is 0 Å². The lowest BCUT2D eigenvalue weighted by Gasteiger charge is -1.89. The molecule has 0 aliphatic carbocycles. The molecule has 0 saturated heterocycles. The van der Waals surface area contributed by atoms with Gasteiger partial charge in [-0.1, -0.05) is 5.16 Å². The van der Waals surface area contributed by atoms with Gasteiger partial charge in [0.1, 0.15) is 12.1 Å². The molecule has 5 heteroatoms. The predicted octanol–water partition coefficient (Wildman–Crippen LogP) is 0.693. The number of hydrogen-bond donors (Lipinski definition) is 0. The maximum absolute atomic E-state index is 10.3. The van der Waals surface area contributed by atoms with Gasteiger partial charge in [0, 0.05) is 11.6 Å². The molecule has 1 rings (SSSR count). The summed E-state index contributed by atoms with van der Waals surface area (Å²) in [5.41, 5.74) is 0.225. The highest BCUT2D eigenvalue weighted by Gasteiger charge is 2.04. The van der Waals surface area contributed by atoms with Crippen LogP contribution in [0.25, 0.3) is 0 Å². The molecule has 0 unspecified atom stereocenters. The standard InChI is InChI=1S/C6H6N2O2S/c1-10-8-5(4-9)6-7-2-3-11-6/h2-4H,1H3. The Morgan fingerprint density at radius 3 is 3.18 bits per heavy atom. The minimum Gasteiger partial charge on any atom is -0.398 e. The smallest absolute Gasteiger partial charge is 0.178 e. The number of nitrogens with zero attached hydrogens (tertiary/aromatic N) is 2. The van der Waals surface area contributed by atoms with Crippen LogP contribution < -0.4 is 0 Å². The first-order chi connectivity index (χ1) is 5.38. The largest absolute Gasteiger partial charge is 0.398 e. The average Bonchev–Trinajstić information content (AvgIpc) is 2.52. The normalized spacial score (nSPS) is 11.2. The van der Waals surface area contributed by atoms with E-state index in [2.05, 4.69) is 15.0 Å². The van der Waals surface area contributed by atoms with E-state index in [1.807, 2.05) is 0 Å². The average molecular weight is 170 g/mol. The first-order valence-corrected chi connectivity index (χ1v) is 3.72. The van der Waals surface area contributed by atoms with Gasteiger partial charge in [0.15, 0.2) is 12.0 Å². The van der Waals surface area contributed by atoms with E-state index in [1.165, 1.54) is 18.4 Å². The van der Waals surface area contributed by atoms with E-state index in [9.17, 15) is 4.79 Å². The van der Waals surface area contributed by atoms with Gasteiger partial charge in [-0.25, -0.2) is 4.98 Å². The van der Waals surface area contributed by atoms with Gasteiger partial charge in [-0.05, 0) is 0 Å². The van der Waals surface area contributed by atoms with Crippen molar-refractivity contribution in [1.29, 1.82) is 0 Å². The number of rotatable bonds is 3. The van der Waals surface area contributed by atoms with Crippen LogP contribution in [0, 0.1) is 0 Å². The van der Waals surface area contributed by atoms with Crippen LogP contribution in [0.2, 0.25) is 0 Å². The molecular weight excluding hydrogens is 164 g/mol. The molecule has 0 radical (unpaired) electrons. The Labute approximate surface area is 67.5 Å². The number of hydrogen-bond acceptors (Lipinski definition) is 5. The third kappa shape index (κ3) is 1.84. The molecule has 11 heavy (non-hydrogen) atoms. The maximum Gasteiger partial charge on any atom is 0.178 e. The number of aldehydes is 1. The van der Waals surface area contributed by atoms with E-state index in [-0.39, 0.29) is 5.71 Å². The van der Waals surface area contributed by atoms with Gasteiger partial charge in [-0.3, -0.25) is 4.79 Å². The van der Waals surface area contributed by atoms with Crippen LogP contribution in [0.1, 0.15) is 5.01 Å². The summed E-state index contributed by atoms with van der Waals surface area (Å²) in [7, 11) is 1.39. The van der Waals surface area contributed by atoms with Crippen LogP contribution in [0.3, 0.4) is 0 Å². The molecule has 0 aromatic carbocycles. The fraction of sp³-hybridized carbons (Fsp3) is 0.167. The number of oxime groups is 1. The minimum atomic E-state index is 0.225. The van der Waals surface area contributed by atoms with Gasteiger partial charge in [0.05, 0.1) is 0 Å². The van der Waals surface area contributed by atoms with E-state index < -0.39 is 0 Å². The first-order valence-electron chi connectivity index (χ1n) is 2.84. The molecule has 0 amide bonds. The Morgan fingerprint density at radius 1 is 1.91 bits per heavy atom. The lowest BCUT2D eigenvalue weighted by Crippen LogP contribution is -2.01. The van der Waals surface area contributed by atoms with Crippen LogP contribution in [-0.2, 0) is 9.63 Å². The van der Waals surface area contributed by atoms with Crippen LogP contribution in [0.5, 0.6) is 0 Å². The Hall–Kier alpha value is -1.23. The lowest BCUT2D eigenvalue weighted by atomic mass is 10.4. The fourth-order valence-electron chi connectivity index (χ4n) is 0.559. The van der Waals surface area contributed by atoms with Crippen molar-refractivity contribution in [2.45, 2.75) is 0 Å². The molecule has 0 fully saturated rings. The zero-order valence-electron chi connectivity index (χ0n) is 5.85. The highest BCUT2D eigenvalue weighted by atomic mass is 32.1. The van der Waals surface area contributed by atoms with Crippen molar-refractivity contribution in [2.24, 2.45) is 5.16 Å². The van der Waals surface area contributed by atoms with Gasteiger partial charge in [0.2, 0.25) is 0 Å². The van der Waals surface area contributed by atoms with Gasteiger partial charge >= 0.3 is 0 Å². The SMILES string of the molecule is CON=C(C=O)c1nccs1. The summed E-state index contributed by atoms with van der Waals surface area (Å²) in [5, 5.41) is 5.82. The number of carbonyl (C=O) groups is 1. The molecular formula is C6H6N2O2S. The van der Waals surface area contributed by atoms with Crippen LogP contribution in [0.4, 0.5) is 0 Å². The summed E-state index contributed by atoms with van der Waals surface area (Å²) in [5.74, 6) is 0. The number of aromatic nitrogens is 1. The quantitative estimate of drug-likeness (QED) is 0.381. The molecule has 0 bridgehead atoms. The molecule has 1 aromatic rings. The highest BCUT2D eigenvalue weighted by molar-refractivity contribution is 7.12. The molecule has 1 heterocycles. The molecule has 0 spiro atoms. The Bertz CT molecular complexity index is 256. The molecule has 4 nitrogen and oxygen atoms in total. The lowest BCUT2D eigenvalue weighted by molar-refractivity contribution is -0.102. The Balaban J connectivity index is 2.88. The van der Waals surface area contributed by atoms with Gasteiger partial charge in [-0.15, -0.1) is 11.3 Å². The van der Waals surface area contributed by atoms with E-state index in [1.54, 1.807) is 11.6 Å². The molecule has 0 aliphatic rings. The topological polar surface area (TPSA) is 51.5 Å². The zero-order chi connectivity index (χ0) is 8.10. The summed E-state index contributed by atoms with van der Waals surface area (Å²) in [6.45, 7) is 0. The van der Waals surface area contributed by atoms with Crippen LogP contribution in [-0.4, -0.2) is 24.1 Å². The van der Waals surface area contributed by atoms with Crippen molar-refractivity contribution in [2.75, 3.05) is 7.11 Å². The zero-order valence-corrected chi connectivity index (χ0v) is 6.67. The van der Waals surface area contributed by atoms with Crippen molar-refractivity contribution in [3.63, 3.8) is 0 Å². The van der Waals surface area contributed by atoms with Gasteiger partial charge in [-0.2, -0.15) is 0 Å². The van der Waals surface area contributed by atoms with E-state index in [0.717, 1.165) is 0 Å². The molecule has 0 saturated carbocycles. The van der Waals surface area contributed by atoms with Crippen LogP contribution >= 0.6 is 11.3 Å². The van der Waals surface area contributed by atoms with Gasteiger partial charge in [0.25, 0.3) is 0 Å². The number of thiazole rings is 1. The van der Waals surface area contributed by atoms with Crippen molar-refractivity contribution in [1.82, 2.24) is 4.98 Å². The third-order valence-corrected chi connectivity index (χ3v) is 1.75. The second-order valence-corrected chi connectivity index (χ2v) is 2.51. The minimum absolute atomic E-state index is 0.225. The maximum atomic E-state index is 10.3. The monoisotopic (exact) mass is 170 g/mol. The highest BCUT2D eigenvalue weighted by Crippen LogP contribution is 2.04. The molecule has 58 valence electrons. The summed E-state index contributed by atoms with van der Waals surface area (Å²) in [6.07, 6.45) is 2.22. The summed E-state index contributed by atoms with van der Waals surface area (Å²) in [4.78, 5) is 18.7. The summed E-state index contributed by atoms with van der Waals surface area (Å²) in [6, 6.07) is 0. The molecule has 1 aromatic heterocycles. The molecule has 0 aliphatic heterocycles. The van der Waals surface area contributed by atoms with E-state index in [0.29, 0.717) is 11.3 Å². The van der Waals surface area contributed by atoms with Crippen molar-refractivity contribution >= 4 is 23.3 Å². The second-order valence-electron chi connectivity index (χ2n) is 1.61.